The van der Waals surface area contributed by atoms with Crippen molar-refractivity contribution in [2.75, 3.05) is 0 Å². The molecule has 0 heterocycles. The zero-order valence-electron chi connectivity index (χ0n) is 24.5. The fraction of sp³-hybridized carbons (Fsp3) is 0.500. The molecule has 10 heteroatoms. The number of aliphatic hydroxyl groups is 1. The van der Waals surface area contributed by atoms with Gasteiger partial charge in [0.05, 0.1) is 5.92 Å². The third kappa shape index (κ3) is 10.2. The number of hydrogen-bond acceptors (Lipinski definition) is 6. The average Bonchev–Trinajstić information content (AvgIpc) is 3.71. The molecule has 1 aliphatic rings. The fourth-order valence-corrected chi connectivity index (χ4v) is 4.99. The molecule has 0 aromatic heterocycles. The molecule has 2 aromatic rings. The second-order valence-electron chi connectivity index (χ2n) is 11.2. The summed E-state index contributed by atoms with van der Waals surface area (Å²) in [5.74, 6) is -3.71. The predicted octanol–water partition coefficient (Wildman–Crippen LogP) is 3.42. The van der Waals surface area contributed by atoms with E-state index in [1.54, 1.807) is 13.8 Å². The molecule has 3 amide bonds. The number of alkyl carbamates (subject to hydrolysis) is 1. The van der Waals surface area contributed by atoms with Gasteiger partial charge in [0.2, 0.25) is 11.8 Å². The highest BCUT2D eigenvalue weighted by molar-refractivity contribution is 5.87. The minimum absolute atomic E-state index is 0.0632. The summed E-state index contributed by atoms with van der Waals surface area (Å²) in [6.07, 6.45) is 0.813. The number of aliphatic hydroxyl groups excluding tert-OH is 1. The third-order valence-electron chi connectivity index (χ3n) is 7.90. The lowest BCUT2D eigenvalue weighted by atomic mass is 9.86. The molecule has 0 bridgehead atoms. The number of carbonyl (C=O) groups excluding carboxylic acids is 3. The maximum Gasteiger partial charge on any atom is 0.408 e. The summed E-state index contributed by atoms with van der Waals surface area (Å²) in [6, 6.07) is 17.9. The van der Waals surface area contributed by atoms with Gasteiger partial charge >= 0.3 is 12.1 Å². The number of amides is 3. The van der Waals surface area contributed by atoms with E-state index < -0.39 is 36.0 Å². The molecular weight excluding hydrogens is 538 g/mol. The highest BCUT2D eigenvalue weighted by Gasteiger charge is 2.43. The van der Waals surface area contributed by atoms with Gasteiger partial charge in [-0.1, -0.05) is 80.9 Å². The highest BCUT2D eigenvalue weighted by Crippen LogP contribution is 2.36. The van der Waals surface area contributed by atoms with E-state index in [0.717, 1.165) is 17.5 Å². The van der Waals surface area contributed by atoms with E-state index in [1.807, 2.05) is 67.6 Å². The van der Waals surface area contributed by atoms with Crippen molar-refractivity contribution < 1.29 is 34.1 Å². The summed E-state index contributed by atoms with van der Waals surface area (Å²) < 4.78 is 5.23. The molecule has 10 nitrogen and oxygen atoms in total. The van der Waals surface area contributed by atoms with Crippen LogP contribution < -0.4 is 16.0 Å². The van der Waals surface area contributed by atoms with Crippen molar-refractivity contribution in [1.29, 1.82) is 0 Å². The molecule has 228 valence electrons. The monoisotopic (exact) mass is 581 g/mol. The van der Waals surface area contributed by atoms with Gasteiger partial charge < -0.3 is 30.9 Å². The number of hydrogen-bond donors (Lipinski definition) is 5. The second-order valence-corrected chi connectivity index (χ2v) is 11.2. The molecule has 7 atom stereocenters. The number of carboxylic acids is 1. The van der Waals surface area contributed by atoms with Crippen LogP contribution in [0.4, 0.5) is 4.79 Å². The molecule has 1 aliphatic carbocycles. The molecule has 42 heavy (non-hydrogen) atoms. The van der Waals surface area contributed by atoms with E-state index in [1.165, 1.54) is 0 Å². The number of aliphatic carboxylic acids is 1. The Hall–Kier alpha value is -3.92. The van der Waals surface area contributed by atoms with Crippen molar-refractivity contribution in [3.63, 3.8) is 0 Å². The first kappa shape index (κ1) is 32.6. The number of ether oxygens (including phenoxy) is 1. The maximum atomic E-state index is 13.0. The van der Waals surface area contributed by atoms with Crippen LogP contribution in [0, 0.1) is 17.8 Å². The van der Waals surface area contributed by atoms with Crippen LogP contribution in [0.2, 0.25) is 0 Å². The number of rotatable bonds is 16. The molecule has 0 saturated heterocycles. The Morgan fingerprint density at radius 3 is 2.14 bits per heavy atom. The molecular formula is C32H43N3O7. The Morgan fingerprint density at radius 2 is 1.55 bits per heavy atom. The normalized spacial score (nSPS) is 19.3. The van der Waals surface area contributed by atoms with Gasteiger partial charge in [0, 0.05) is 12.1 Å². The van der Waals surface area contributed by atoms with E-state index in [4.69, 9.17) is 4.74 Å². The van der Waals surface area contributed by atoms with Crippen LogP contribution in [-0.4, -0.2) is 58.3 Å². The van der Waals surface area contributed by atoms with E-state index in [-0.39, 0.29) is 36.4 Å². The van der Waals surface area contributed by atoms with Crippen molar-refractivity contribution in [3.05, 3.63) is 71.8 Å². The Bertz CT molecular complexity index is 1180. The molecule has 0 aliphatic heterocycles. The third-order valence-corrected chi connectivity index (χ3v) is 7.90. The minimum atomic E-state index is -1.64. The molecule has 2 aromatic carbocycles. The van der Waals surface area contributed by atoms with Gasteiger partial charge in [-0.3, -0.25) is 14.4 Å². The number of carbonyl (C=O) groups is 4. The zero-order valence-corrected chi connectivity index (χ0v) is 24.5. The number of benzene rings is 2. The first-order valence-electron chi connectivity index (χ1n) is 14.6. The van der Waals surface area contributed by atoms with E-state index in [2.05, 4.69) is 16.0 Å². The summed E-state index contributed by atoms with van der Waals surface area (Å²) in [6.45, 7) is 5.20. The van der Waals surface area contributed by atoms with E-state index in [0.29, 0.717) is 25.7 Å². The summed E-state index contributed by atoms with van der Waals surface area (Å²) in [7, 11) is 0. The zero-order chi connectivity index (χ0) is 30.6. The molecule has 3 rings (SSSR count). The first-order valence-corrected chi connectivity index (χ1v) is 14.6. The van der Waals surface area contributed by atoms with Crippen molar-refractivity contribution in [1.82, 2.24) is 16.0 Å². The van der Waals surface area contributed by atoms with Gasteiger partial charge in [-0.25, -0.2) is 4.79 Å². The van der Waals surface area contributed by atoms with Gasteiger partial charge in [-0.2, -0.15) is 0 Å². The minimum Gasteiger partial charge on any atom is -0.481 e. The smallest absolute Gasteiger partial charge is 0.408 e. The lowest BCUT2D eigenvalue weighted by molar-refractivity contribution is -0.154. The van der Waals surface area contributed by atoms with Crippen molar-refractivity contribution >= 4 is 23.9 Å². The Kier molecular flexibility index (Phi) is 12.3. The molecule has 1 fully saturated rings. The molecule has 1 saturated carbocycles. The molecule has 5 N–H and O–H groups in total. The van der Waals surface area contributed by atoms with Gasteiger partial charge in [0.15, 0.2) is 0 Å². The largest absolute Gasteiger partial charge is 0.481 e. The van der Waals surface area contributed by atoms with E-state index in [9.17, 15) is 29.4 Å². The summed E-state index contributed by atoms with van der Waals surface area (Å²) >= 11 is 0. The first-order chi connectivity index (χ1) is 20.1. The SMILES string of the molecule is CC[C@H](C)[C@H](C(=O)O)[C@@H](O)C(=O)N[C@H]1C[C@H]1C[C@@H](CCc1ccccc1)NC(=O)[C@H](C)NC(=O)OCc1ccccc1. The Morgan fingerprint density at radius 1 is 0.929 bits per heavy atom. The fourth-order valence-electron chi connectivity index (χ4n) is 4.99. The van der Waals surface area contributed by atoms with Crippen LogP contribution in [0.1, 0.15) is 57.6 Å². The number of carboxylic acid groups (broad SMARTS) is 1. The standard InChI is InChI=1S/C32H43N3O7/c1-4-20(2)27(31(39)40)28(36)30(38)35-26-18-24(26)17-25(16-15-22-11-7-5-8-12-22)34-29(37)21(3)33-32(41)42-19-23-13-9-6-10-14-23/h5-14,20-21,24-28,36H,4,15-19H2,1-3H3,(H,33,41)(H,34,37)(H,35,38)(H,39,40)/t20-,21-,24+,25+,26-,27-,28+/m0/s1. The van der Waals surface area contributed by atoms with Crippen molar-refractivity contribution in [3.8, 4) is 0 Å². The van der Waals surface area contributed by atoms with Crippen molar-refractivity contribution in [2.45, 2.75) is 83.7 Å². The summed E-state index contributed by atoms with van der Waals surface area (Å²) in [4.78, 5) is 49.6. The van der Waals surface area contributed by atoms with Gasteiger partial charge in [0.1, 0.15) is 18.8 Å². The van der Waals surface area contributed by atoms with Gasteiger partial charge in [-0.15, -0.1) is 0 Å². The molecule has 0 unspecified atom stereocenters. The van der Waals surface area contributed by atoms with Crippen LogP contribution in [0.15, 0.2) is 60.7 Å². The summed E-state index contributed by atoms with van der Waals surface area (Å²) in [5.41, 5.74) is 1.96. The lowest BCUT2D eigenvalue weighted by Gasteiger charge is -2.24. The maximum absolute atomic E-state index is 13.0. The lowest BCUT2D eigenvalue weighted by Crippen LogP contribution is -2.48. The Labute approximate surface area is 247 Å². The quantitative estimate of drug-likeness (QED) is 0.204. The summed E-state index contributed by atoms with van der Waals surface area (Å²) in [5, 5.41) is 28.4. The van der Waals surface area contributed by atoms with Crippen LogP contribution in [-0.2, 0) is 32.1 Å². The Balaban J connectivity index is 1.54. The predicted molar refractivity (Wildman–Crippen MR) is 157 cm³/mol. The molecule has 0 radical (unpaired) electrons. The molecule has 0 spiro atoms. The van der Waals surface area contributed by atoms with E-state index >= 15 is 0 Å². The van der Waals surface area contributed by atoms with Crippen LogP contribution in [0.25, 0.3) is 0 Å². The van der Waals surface area contributed by atoms with Crippen molar-refractivity contribution in [2.24, 2.45) is 17.8 Å². The second kappa shape index (κ2) is 15.9. The topological polar surface area (TPSA) is 154 Å². The van der Waals surface area contributed by atoms with Crippen LogP contribution in [0.5, 0.6) is 0 Å². The number of nitrogens with one attached hydrogen (secondary N) is 3. The number of aryl methyl sites for hydroxylation is 1. The van der Waals surface area contributed by atoms with Crippen LogP contribution in [0.3, 0.4) is 0 Å². The van der Waals surface area contributed by atoms with Gasteiger partial charge in [-0.05, 0) is 55.6 Å². The van der Waals surface area contributed by atoms with Crippen LogP contribution >= 0.6 is 0 Å². The van der Waals surface area contributed by atoms with Gasteiger partial charge in [0.25, 0.3) is 0 Å². The average molecular weight is 582 g/mol. The highest BCUT2D eigenvalue weighted by atomic mass is 16.5.